The van der Waals surface area contributed by atoms with E-state index in [-0.39, 0.29) is 5.56 Å². The van der Waals surface area contributed by atoms with Crippen LogP contribution in [-0.2, 0) is 7.05 Å². The number of nitrogens with zero attached hydrogens (tertiary/aromatic N) is 2. The maximum atomic E-state index is 12.2. The fraction of sp³-hybridized carbons (Fsp3) is 0.438. The van der Waals surface area contributed by atoms with Crippen LogP contribution in [0, 0.1) is 5.92 Å². The first-order chi connectivity index (χ1) is 9.75. The van der Waals surface area contributed by atoms with Gasteiger partial charge in [-0.1, -0.05) is 18.2 Å². The van der Waals surface area contributed by atoms with Crippen LogP contribution in [0.25, 0.3) is 10.9 Å². The van der Waals surface area contributed by atoms with Gasteiger partial charge in [-0.2, -0.15) is 0 Å². The lowest BCUT2D eigenvalue weighted by Gasteiger charge is -2.27. The number of anilines is 1. The third kappa shape index (κ3) is 1.61. The molecular formula is C16H19N3O. The Kier molecular flexibility index (Phi) is 2.60. The van der Waals surface area contributed by atoms with Crippen molar-refractivity contribution in [2.24, 2.45) is 13.0 Å². The first-order valence-corrected chi connectivity index (χ1v) is 7.32. The van der Waals surface area contributed by atoms with Crippen LogP contribution in [-0.4, -0.2) is 30.2 Å². The number of fused-ring (bicyclic) bond motifs is 2. The molecule has 2 fully saturated rings. The normalized spacial score (nSPS) is 25.4. The van der Waals surface area contributed by atoms with E-state index >= 15 is 0 Å². The van der Waals surface area contributed by atoms with Crippen LogP contribution < -0.4 is 15.8 Å². The van der Waals surface area contributed by atoms with Crippen molar-refractivity contribution in [2.75, 3.05) is 24.5 Å². The molecule has 0 aliphatic carbocycles. The van der Waals surface area contributed by atoms with E-state index < -0.39 is 0 Å². The van der Waals surface area contributed by atoms with Gasteiger partial charge in [-0.3, -0.25) is 4.79 Å². The molecule has 2 saturated heterocycles. The van der Waals surface area contributed by atoms with Crippen LogP contribution >= 0.6 is 0 Å². The summed E-state index contributed by atoms with van der Waals surface area (Å²) in [5.74, 6) is 0.734. The van der Waals surface area contributed by atoms with Crippen molar-refractivity contribution in [1.82, 2.24) is 9.88 Å². The lowest BCUT2D eigenvalue weighted by molar-refractivity contribution is 0.579. The molecular weight excluding hydrogens is 250 g/mol. The molecule has 4 heteroatoms. The molecule has 1 aromatic heterocycles. The van der Waals surface area contributed by atoms with Crippen LogP contribution in [0.4, 0.5) is 5.69 Å². The number of hydrogen-bond donors (Lipinski definition) is 1. The minimum atomic E-state index is 0.0770. The number of hydrogen-bond acceptors (Lipinski definition) is 3. The van der Waals surface area contributed by atoms with Crippen molar-refractivity contribution < 1.29 is 0 Å². The molecule has 2 aliphatic rings. The summed E-state index contributed by atoms with van der Waals surface area (Å²) < 4.78 is 1.74. The first kappa shape index (κ1) is 12.0. The highest BCUT2D eigenvalue weighted by Gasteiger charge is 2.38. The maximum absolute atomic E-state index is 12.2. The van der Waals surface area contributed by atoms with E-state index in [1.165, 1.54) is 11.8 Å². The molecule has 2 atom stereocenters. The van der Waals surface area contributed by atoms with E-state index in [0.29, 0.717) is 6.04 Å². The quantitative estimate of drug-likeness (QED) is 0.849. The summed E-state index contributed by atoms with van der Waals surface area (Å²) in [6.07, 6.45) is 1.22. The minimum absolute atomic E-state index is 0.0770. The van der Waals surface area contributed by atoms with Crippen LogP contribution in [0.5, 0.6) is 0 Å². The Morgan fingerprint density at radius 2 is 2.10 bits per heavy atom. The van der Waals surface area contributed by atoms with Crippen molar-refractivity contribution in [3.05, 3.63) is 40.7 Å². The molecule has 2 aromatic rings. The van der Waals surface area contributed by atoms with E-state index in [1.807, 2.05) is 25.2 Å². The van der Waals surface area contributed by atoms with Crippen molar-refractivity contribution in [3.8, 4) is 0 Å². The fourth-order valence-corrected chi connectivity index (χ4v) is 3.78. The molecule has 0 radical (unpaired) electrons. The third-order valence-electron chi connectivity index (χ3n) is 4.89. The van der Waals surface area contributed by atoms with Crippen molar-refractivity contribution in [3.63, 3.8) is 0 Å². The minimum Gasteiger partial charge on any atom is -0.366 e. The molecule has 1 aromatic carbocycles. The highest BCUT2D eigenvalue weighted by atomic mass is 16.1. The van der Waals surface area contributed by atoms with Crippen molar-refractivity contribution in [1.29, 1.82) is 0 Å². The Balaban J connectivity index is 1.92. The first-order valence-electron chi connectivity index (χ1n) is 7.32. The van der Waals surface area contributed by atoms with Crippen LogP contribution in [0.15, 0.2) is 35.1 Å². The van der Waals surface area contributed by atoms with Gasteiger partial charge in [-0.25, -0.2) is 0 Å². The van der Waals surface area contributed by atoms with Crippen molar-refractivity contribution in [2.45, 2.75) is 12.5 Å². The van der Waals surface area contributed by atoms with Gasteiger partial charge in [-0.15, -0.1) is 0 Å². The molecule has 0 amide bonds. The Labute approximate surface area is 118 Å². The van der Waals surface area contributed by atoms with Gasteiger partial charge in [0, 0.05) is 44.2 Å². The zero-order chi connectivity index (χ0) is 13.7. The Hall–Kier alpha value is -1.81. The fourth-order valence-electron chi connectivity index (χ4n) is 3.78. The molecule has 0 unspecified atom stereocenters. The van der Waals surface area contributed by atoms with Crippen LogP contribution in [0.1, 0.15) is 6.42 Å². The third-order valence-corrected chi connectivity index (χ3v) is 4.89. The lowest BCUT2D eigenvalue weighted by atomic mass is 10.0. The maximum Gasteiger partial charge on any atom is 0.252 e. The van der Waals surface area contributed by atoms with Crippen LogP contribution in [0.2, 0.25) is 0 Å². The predicted molar refractivity (Wildman–Crippen MR) is 81.3 cm³/mol. The van der Waals surface area contributed by atoms with Gasteiger partial charge in [0.15, 0.2) is 0 Å². The Bertz CT molecular complexity index is 721. The summed E-state index contributed by atoms with van der Waals surface area (Å²) in [4.78, 5) is 14.7. The molecule has 3 heterocycles. The number of para-hydroxylation sites is 1. The molecule has 104 valence electrons. The average molecular weight is 269 g/mol. The molecule has 0 bridgehead atoms. The van der Waals surface area contributed by atoms with Gasteiger partial charge >= 0.3 is 0 Å². The van der Waals surface area contributed by atoms with Gasteiger partial charge in [0.2, 0.25) is 0 Å². The number of rotatable bonds is 1. The smallest absolute Gasteiger partial charge is 0.252 e. The molecule has 0 spiro atoms. The Morgan fingerprint density at radius 3 is 3.00 bits per heavy atom. The SMILES string of the molecule is Cn1c(=O)cc(N2CC[C@H]3CNC[C@H]32)c2ccccc21. The molecule has 0 saturated carbocycles. The van der Waals surface area contributed by atoms with E-state index in [2.05, 4.69) is 22.3 Å². The highest BCUT2D eigenvalue weighted by molar-refractivity contribution is 5.92. The van der Waals surface area contributed by atoms with E-state index in [4.69, 9.17) is 0 Å². The summed E-state index contributed by atoms with van der Waals surface area (Å²) in [6.45, 7) is 3.21. The summed E-state index contributed by atoms with van der Waals surface area (Å²) in [6, 6.07) is 10.6. The zero-order valence-electron chi connectivity index (χ0n) is 11.7. The average Bonchev–Trinajstić information content (AvgIpc) is 3.06. The molecule has 4 nitrogen and oxygen atoms in total. The standard InChI is InChI=1S/C16H19N3O/c1-18-13-5-3-2-4-12(13)14(8-16(18)20)19-7-6-11-9-17-10-15(11)19/h2-5,8,11,15,17H,6-7,9-10H2,1H3/t11-,15+/m0/s1. The lowest BCUT2D eigenvalue weighted by Crippen LogP contribution is -2.35. The molecule has 4 rings (SSSR count). The summed E-state index contributed by atoms with van der Waals surface area (Å²) >= 11 is 0. The second kappa shape index (κ2) is 4.35. The predicted octanol–water partition coefficient (Wildman–Crippen LogP) is 1.34. The summed E-state index contributed by atoms with van der Waals surface area (Å²) in [5.41, 5.74) is 2.21. The van der Waals surface area contributed by atoms with Gasteiger partial charge in [0.25, 0.3) is 5.56 Å². The number of aryl methyl sites for hydroxylation is 1. The Morgan fingerprint density at radius 1 is 1.25 bits per heavy atom. The van der Waals surface area contributed by atoms with E-state index in [1.54, 1.807) is 4.57 Å². The number of benzene rings is 1. The van der Waals surface area contributed by atoms with E-state index in [0.717, 1.165) is 36.8 Å². The van der Waals surface area contributed by atoms with Crippen LogP contribution in [0.3, 0.4) is 0 Å². The molecule has 20 heavy (non-hydrogen) atoms. The second-order valence-corrected chi connectivity index (χ2v) is 5.91. The van der Waals surface area contributed by atoms with Gasteiger partial charge < -0.3 is 14.8 Å². The van der Waals surface area contributed by atoms with Gasteiger partial charge in [0.05, 0.1) is 11.2 Å². The zero-order valence-corrected chi connectivity index (χ0v) is 11.7. The van der Waals surface area contributed by atoms with Gasteiger partial charge in [0.1, 0.15) is 0 Å². The number of nitrogens with one attached hydrogen (secondary N) is 1. The molecule has 2 aliphatic heterocycles. The van der Waals surface area contributed by atoms with Gasteiger partial charge in [-0.05, 0) is 18.4 Å². The summed E-state index contributed by atoms with van der Waals surface area (Å²) in [5, 5.41) is 4.66. The molecule has 1 N–H and O–H groups in total. The second-order valence-electron chi connectivity index (χ2n) is 5.91. The number of pyridine rings is 1. The highest BCUT2D eigenvalue weighted by Crippen LogP contribution is 2.34. The van der Waals surface area contributed by atoms with E-state index in [9.17, 15) is 4.79 Å². The largest absolute Gasteiger partial charge is 0.366 e. The monoisotopic (exact) mass is 269 g/mol. The van der Waals surface area contributed by atoms with Crippen molar-refractivity contribution >= 4 is 16.6 Å². The summed E-state index contributed by atoms with van der Waals surface area (Å²) in [7, 11) is 1.85. The number of aromatic nitrogens is 1. The topological polar surface area (TPSA) is 37.3 Å².